The highest BCUT2D eigenvalue weighted by molar-refractivity contribution is 6.12. The number of nitrogens with one attached hydrogen (secondary N) is 2. The number of aryl methyl sites for hydroxylation is 1. The van der Waals surface area contributed by atoms with Crippen LogP contribution in [0.25, 0.3) is 0 Å². The van der Waals surface area contributed by atoms with Crippen molar-refractivity contribution in [2.75, 3.05) is 17.2 Å². The average molecular weight is 489 g/mol. The zero-order valence-electron chi connectivity index (χ0n) is 20.2. The van der Waals surface area contributed by atoms with Gasteiger partial charge in [-0.05, 0) is 61.9 Å². The van der Waals surface area contributed by atoms with E-state index in [0.717, 1.165) is 5.56 Å². The van der Waals surface area contributed by atoms with E-state index in [1.165, 1.54) is 12.1 Å². The Morgan fingerprint density at radius 1 is 0.861 bits per heavy atom. The van der Waals surface area contributed by atoms with E-state index in [1.54, 1.807) is 54.6 Å². The molecule has 0 saturated carbocycles. The number of ketones is 1. The highest BCUT2D eigenvalue weighted by atomic mass is 16.5. The summed E-state index contributed by atoms with van der Waals surface area (Å²) >= 11 is 0. The van der Waals surface area contributed by atoms with Gasteiger partial charge in [0.1, 0.15) is 5.75 Å². The molecule has 0 aliphatic heterocycles. The van der Waals surface area contributed by atoms with E-state index in [4.69, 9.17) is 4.74 Å². The summed E-state index contributed by atoms with van der Waals surface area (Å²) in [5, 5.41) is 14.7. The molecule has 0 atom stereocenters. The highest BCUT2D eigenvalue weighted by Crippen LogP contribution is 2.22. The number of aromatic carboxylic acids is 1. The van der Waals surface area contributed by atoms with Gasteiger partial charge in [0.2, 0.25) is 5.91 Å². The Bertz CT molecular complexity index is 1270. The molecule has 2 amide bonds. The number of carboxylic acid groups (broad SMARTS) is 1. The van der Waals surface area contributed by atoms with Gasteiger partial charge in [-0.15, -0.1) is 0 Å². The number of Topliss-reactive ketones (excluding diaryl/α,β-unsaturated/α-hetero) is 1. The second-order valence-electron chi connectivity index (χ2n) is 8.16. The van der Waals surface area contributed by atoms with E-state index in [-0.39, 0.29) is 34.9 Å². The third-order valence-electron chi connectivity index (χ3n) is 5.41. The quantitative estimate of drug-likeness (QED) is 0.248. The number of amides is 2. The summed E-state index contributed by atoms with van der Waals surface area (Å²) < 4.78 is 5.65. The van der Waals surface area contributed by atoms with Gasteiger partial charge in [0.05, 0.1) is 29.1 Å². The Morgan fingerprint density at radius 2 is 1.56 bits per heavy atom. The molecule has 0 aliphatic rings. The first kappa shape index (κ1) is 26.2. The lowest BCUT2D eigenvalue weighted by Gasteiger charge is -2.14. The fraction of sp³-hybridized carbons (Fsp3) is 0.214. The fourth-order valence-electron chi connectivity index (χ4n) is 3.50. The van der Waals surface area contributed by atoms with E-state index >= 15 is 0 Å². The maximum atomic E-state index is 12.9. The molecule has 186 valence electrons. The molecule has 0 saturated heterocycles. The Kier molecular flexibility index (Phi) is 8.94. The number of benzene rings is 3. The zero-order chi connectivity index (χ0) is 26.1. The highest BCUT2D eigenvalue weighted by Gasteiger charge is 2.17. The van der Waals surface area contributed by atoms with Crippen LogP contribution in [-0.2, 0) is 4.79 Å². The first-order chi connectivity index (χ1) is 17.3. The van der Waals surface area contributed by atoms with Crippen LogP contribution >= 0.6 is 0 Å². The van der Waals surface area contributed by atoms with E-state index in [9.17, 15) is 24.3 Å². The van der Waals surface area contributed by atoms with Crippen molar-refractivity contribution in [2.45, 2.75) is 33.1 Å². The van der Waals surface area contributed by atoms with Gasteiger partial charge in [0.25, 0.3) is 5.91 Å². The number of ether oxygens (including phenoxy) is 1. The topological polar surface area (TPSA) is 122 Å². The van der Waals surface area contributed by atoms with Gasteiger partial charge in [-0.1, -0.05) is 30.7 Å². The van der Waals surface area contributed by atoms with Gasteiger partial charge >= 0.3 is 5.97 Å². The SMILES string of the molecule is CCC(=O)c1ccc(OCCCC(=O)Nc2ccc(C)cc2C(=O)Nc2ccccc2C(=O)O)cc1. The lowest BCUT2D eigenvalue weighted by atomic mass is 10.1. The molecule has 3 N–H and O–H groups in total. The summed E-state index contributed by atoms with van der Waals surface area (Å²) in [4.78, 5) is 48.6. The van der Waals surface area contributed by atoms with Crippen LogP contribution in [-0.4, -0.2) is 35.3 Å². The van der Waals surface area contributed by atoms with E-state index in [1.807, 2.05) is 13.8 Å². The lowest BCUT2D eigenvalue weighted by molar-refractivity contribution is -0.116. The molecule has 36 heavy (non-hydrogen) atoms. The minimum Gasteiger partial charge on any atom is -0.494 e. The first-order valence-corrected chi connectivity index (χ1v) is 11.6. The lowest BCUT2D eigenvalue weighted by Crippen LogP contribution is -2.19. The molecule has 3 aromatic rings. The maximum Gasteiger partial charge on any atom is 0.337 e. The Hall–Kier alpha value is -4.46. The third-order valence-corrected chi connectivity index (χ3v) is 5.41. The van der Waals surface area contributed by atoms with Gasteiger partial charge in [-0.25, -0.2) is 4.79 Å². The van der Waals surface area contributed by atoms with Crippen LogP contribution < -0.4 is 15.4 Å². The Balaban J connectivity index is 1.57. The minimum absolute atomic E-state index is 0.0318. The van der Waals surface area contributed by atoms with Crippen molar-refractivity contribution < 1.29 is 29.0 Å². The molecule has 0 aromatic heterocycles. The van der Waals surface area contributed by atoms with Crippen molar-refractivity contribution in [1.82, 2.24) is 0 Å². The van der Waals surface area contributed by atoms with E-state index < -0.39 is 11.9 Å². The van der Waals surface area contributed by atoms with Crippen LogP contribution in [0, 0.1) is 6.92 Å². The van der Waals surface area contributed by atoms with Gasteiger partial charge in [-0.2, -0.15) is 0 Å². The standard InChI is InChI=1S/C28H28N2O6/c1-3-25(31)19-11-13-20(14-12-19)36-16-6-9-26(32)29-24-15-10-18(2)17-22(24)27(33)30-23-8-5-4-7-21(23)28(34)35/h4-5,7-8,10-15,17H,3,6,9,16H2,1-2H3,(H,29,32)(H,30,33)(H,34,35). The number of carbonyl (C=O) groups is 4. The van der Waals surface area contributed by atoms with Crippen LogP contribution in [0.15, 0.2) is 66.7 Å². The third kappa shape index (κ3) is 7.02. The molecule has 0 spiro atoms. The number of rotatable bonds is 11. The number of hydrogen-bond acceptors (Lipinski definition) is 5. The van der Waals surface area contributed by atoms with Crippen molar-refractivity contribution in [3.63, 3.8) is 0 Å². The number of carbonyl (C=O) groups excluding carboxylic acids is 3. The molecule has 8 nitrogen and oxygen atoms in total. The van der Waals surface area contributed by atoms with Gasteiger partial charge in [-0.3, -0.25) is 14.4 Å². The summed E-state index contributed by atoms with van der Waals surface area (Å²) in [5.74, 6) is -1.30. The molecule has 3 rings (SSSR count). The maximum absolute atomic E-state index is 12.9. The van der Waals surface area contributed by atoms with Crippen LogP contribution in [0.2, 0.25) is 0 Å². The fourth-order valence-corrected chi connectivity index (χ4v) is 3.50. The molecule has 3 aromatic carbocycles. The number of carboxylic acids is 1. The molecule has 0 aliphatic carbocycles. The average Bonchev–Trinajstić information content (AvgIpc) is 2.87. The number of para-hydroxylation sites is 1. The van der Waals surface area contributed by atoms with Crippen molar-refractivity contribution in [1.29, 1.82) is 0 Å². The summed E-state index contributed by atoms with van der Waals surface area (Å²) in [6.45, 7) is 3.93. The summed E-state index contributed by atoms with van der Waals surface area (Å²) in [6.07, 6.45) is 1.05. The number of hydrogen-bond donors (Lipinski definition) is 3. The van der Waals surface area contributed by atoms with Crippen molar-refractivity contribution >= 4 is 34.9 Å². The van der Waals surface area contributed by atoms with E-state index in [2.05, 4.69) is 10.6 Å². The van der Waals surface area contributed by atoms with Gasteiger partial charge in [0, 0.05) is 18.4 Å². The van der Waals surface area contributed by atoms with Crippen LogP contribution in [0.3, 0.4) is 0 Å². The first-order valence-electron chi connectivity index (χ1n) is 11.6. The molecule has 0 radical (unpaired) electrons. The smallest absolute Gasteiger partial charge is 0.337 e. The van der Waals surface area contributed by atoms with Crippen LogP contribution in [0.5, 0.6) is 5.75 Å². The molecule has 8 heteroatoms. The van der Waals surface area contributed by atoms with Gasteiger partial charge in [0.15, 0.2) is 5.78 Å². The van der Waals surface area contributed by atoms with Crippen molar-refractivity contribution in [3.8, 4) is 5.75 Å². The molecular weight excluding hydrogens is 460 g/mol. The monoisotopic (exact) mass is 488 g/mol. The van der Waals surface area contributed by atoms with E-state index in [0.29, 0.717) is 36.4 Å². The molecule has 0 unspecified atom stereocenters. The van der Waals surface area contributed by atoms with Crippen LogP contribution in [0.1, 0.15) is 62.8 Å². The second-order valence-corrected chi connectivity index (χ2v) is 8.16. The molecule has 0 fully saturated rings. The Morgan fingerprint density at radius 3 is 2.25 bits per heavy atom. The predicted octanol–water partition coefficient (Wildman–Crippen LogP) is 5.34. The summed E-state index contributed by atoms with van der Waals surface area (Å²) in [7, 11) is 0. The molecule has 0 bridgehead atoms. The summed E-state index contributed by atoms with van der Waals surface area (Å²) in [5.41, 5.74) is 2.13. The normalized spacial score (nSPS) is 10.4. The Labute approximate surface area is 209 Å². The zero-order valence-corrected chi connectivity index (χ0v) is 20.2. The molecule has 0 heterocycles. The number of anilines is 2. The van der Waals surface area contributed by atoms with Crippen molar-refractivity contribution in [2.24, 2.45) is 0 Å². The van der Waals surface area contributed by atoms with Gasteiger partial charge < -0.3 is 20.5 Å². The van der Waals surface area contributed by atoms with Crippen LogP contribution in [0.4, 0.5) is 11.4 Å². The predicted molar refractivity (Wildman–Crippen MR) is 137 cm³/mol. The largest absolute Gasteiger partial charge is 0.494 e. The van der Waals surface area contributed by atoms with Crippen molar-refractivity contribution in [3.05, 3.63) is 89.0 Å². The summed E-state index contributed by atoms with van der Waals surface area (Å²) in [6, 6.07) is 18.0. The minimum atomic E-state index is -1.16. The second kappa shape index (κ2) is 12.3. The molecular formula is C28H28N2O6.